The van der Waals surface area contributed by atoms with E-state index in [2.05, 4.69) is 37.9 Å². The molecule has 1 amide bonds. The van der Waals surface area contributed by atoms with Crippen molar-refractivity contribution in [3.63, 3.8) is 0 Å². The van der Waals surface area contributed by atoms with Gasteiger partial charge in [-0.15, -0.1) is 0 Å². The van der Waals surface area contributed by atoms with Crippen molar-refractivity contribution in [1.29, 1.82) is 0 Å². The van der Waals surface area contributed by atoms with Crippen LogP contribution in [0.25, 0.3) is 0 Å². The van der Waals surface area contributed by atoms with E-state index in [-0.39, 0.29) is 5.54 Å². The third kappa shape index (κ3) is 3.01. The van der Waals surface area contributed by atoms with Crippen LogP contribution in [0, 0.1) is 11.8 Å². The predicted molar refractivity (Wildman–Crippen MR) is 82.7 cm³/mol. The van der Waals surface area contributed by atoms with E-state index in [0.29, 0.717) is 12.3 Å². The number of rotatable bonds is 6. The third-order valence-corrected chi connectivity index (χ3v) is 5.45. The molecule has 0 aromatic heterocycles. The normalized spacial score (nSPS) is 28.6. The first-order valence-electron chi connectivity index (χ1n) is 8.24. The average molecular weight is 281 g/mol. The number of carbonyl (C=O) groups excluding carboxylic acids is 1. The monoisotopic (exact) mass is 281 g/mol. The van der Waals surface area contributed by atoms with Crippen LogP contribution in [0.5, 0.6) is 0 Å². The number of carbonyl (C=O) groups is 1. The summed E-state index contributed by atoms with van der Waals surface area (Å²) in [4.78, 5) is 16.6. The lowest BCUT2D eigenvalue weighted by atomic mass is 9.85. The summed E-state index contributed by atoms with van der Waals surface area (Å²) in [6.45, 7) is 15.1. The maximum Gasteiger partial charge on any atom is 0.222 e. The summed E-state index contributed by atoms with van der Waals surface area (Å²) < 4.78 is 0. The largest absolute Gasteiger partial charge is 0.343 e. The lowest BCUT2D eigenvalue weighted by Gasteiger charge is -2.35. The van der Waals surface area contributed by atoms with Gasteiger partial charge in [0.2, 0.25) is 5.91 Å². The van der Waals surface area contributed by atoms with Gasteiger partial charge >= 0.3 is 0 Å². The minimum Gasteiger partial charge on any atom is -0.343 e. The first-order chi connectivity index (χ1) is 9.50. The zero-order chi connectivity index (χ0) is 14.8. The SMILES string of the molecule is CCN(CC)C(=O)CCCN1CC2CNCC2C1(C)C. The van der Waals surface area contributed by atoms with E-state index < -0.39 is 0 Å². The molecule has 2 unspecified atom stereocenters. The fraction of sp³-hybridized carbons (Fsp3) is 0.938. The zero-order valence-electron chi connectivity index (χ0n) is 13.6. The molecule has 1 N–H and O–H groups in total. The molecule has 0 saturated carbocycles. The van der Waals surface area contributed by atoms with Gasteiger partial charge in [-0.3, -0.25) is 9.69 Å². The van der Waals surface area contributed by atoms with Gasteiger partial charge in [0.1, 0.15) is 0 Å². The Bertz CT molecular complexity index is 339. The first-order valence-corrected chi connectivity index (χ1v) is 8.24. The molecule has 4 heteroatoms. The third-order valence-electron chi connectivity index (χ3n) is 5.45. The molecule has 2 heterocycles. The van der Waals surface area contributed by atoms with Gasteiger partial charge in [-0.2, -0.15) is 0 Å². The lowest BCUT2D eigenvalue weighted by Crippen LogP contribution is -2.45. The molecule has 2 aliphatic heterocycles. The Labute approximate surface area is 123 Å². The quantitative estimate of drug-likeness (QED) is 0.802. The molecule has 0 aliphatic carbocycles. The minimum atomic E-state index is 0.284. The number of hydrogen-bond acceptors (Lipinski definition) is 3. The fourth-order valence-corrected chi connectivity index (χ4v) is 4.04. The van der Waals surface area contributed by atoms with Crippen LogP contribution in [0.15, 0.2) is 0 Å². The summed E-state index contributed by atoms with van der Waals surface area (Å²) >= 11 is 0. The molecular formula is C16H31N3O. The van der Waals surface area contributed by atoms with Gasteiger partial charge in [0.25, 0.3) is 0 Å². The highest BCUT2D eigenvalue weighted by Gasteiger charge is 2.48. The minimum absolute atomic E-state index is 0.284. The highest BCUT2D eigenvalue weighted by Crippen LogP contribution is 2.40. The highest BCUT2D eigenvalue weighted by molar-refractivity contribution is 5.76. The van der Waals surface area contributed by atoms with Gasteiger partial charge in [-0.1, -0.05) is 0 Å². The second-order valence-corrected chi connectivity index (χ2v) is 6.79. The number of likely N-dealkylation sites (tertiary alicyclic amines) is 1. The fourth-order valence-electron chi connectivity index (χ4n) is 4.04. The van der Waals surface area contributed by atoms with Crippen LogP contribution in [0.4, 0.5) is 0 Å². The smallest absolute Gasteiger partial charge is 0.222 e. The van der Waals surface area contributed by atoms with Crippen LogP contribution < -0.4 is 5.32 Å². The summed E-state index contributed by atoms with van der Waals surface area (Å²) in [5.41, 5.74) is 0.284. The van der Waals surface area contributed by atoms with Crippen molar-refractivity contribution in [2.24, 2.45) is 11.8 Å². The Balaban J connectivity index is 1.79. The maximum atomic E-state index is 12.0. The van der Waals surface area contributed by atoms with Gasteiger partial charge in [-0.25, -0.2) is 0 Å². The molecule has 2 fully saturated rings. The van der Waals surface area contributed by atoms with Crippen LogP contribution in [-0.2, 0) is 4.79 Å². The molecule has 2 rings (SSSR count). The topological polar surface area (TPSA) is 35.6 Å². The Kier molecular flexibility index (Phi) is 5.08. The molecule has 2 aliphatic rings. The van der Waals surface area contributed by atoms with Crippen molar-refractivity contribution in [3.8, 4) is 0 Å². The van der Waals surface area contributed by atoms with Crippen molar-refractivity contribution < 1.29 is 4.79 Å². The second kappa shape index (κ2) is 6.44. The lowest BCUT2D eigenvalue weighted by molar-refractivity contribution is -0.131. The number of nitrogens with one attached hydrogen (secondary N) is 1. The summed E-state index contributed by atoms with van der Waals surface area (Å²) in [6.07, 6.45) is 1.69. The van der Waals surface area contributed by atoms with Crippen molar-refractivity contribution in [2.45, 2.75) is 46.1 Å². The highest BCUT2D eigenvalue weighted by atomic mass is 16.2. The summed E-state index contributed by atoms with van der Waals surface area (Å²) in [6, 6.07) is 0. The summed E-state index contributed by atoms with van der Waals surface area (Å²) in [5.74, 6) is 1.90. The molecule has 116 valence electrons. The van der Waals surface area contributed by atoms with E-state index in [1.807, 2.05) is 4.90 Å². The van der Waals surface area contributed by atoms with Crippen LogP contribution >= 0.6 is 0 Å². The molecule has 20 heavy (non-hydrogen) atoms. The van der Waals surface area contributed by atoms with E-state index in [4.69, 9.17) is 0 Å². The maximum absolute atomic E-state index is 12.0. The second-order valence-electron chi connectivity index (χ2n) is 6.79. The molecule has 2 saturated heterocycles. The number of hydrogen-bond donors (Lipinski definition) is 1. The van der Waals surface area contributed by atoms with E-state index >= 15 is 0 Å². The molecule has 0 aromatic rings. The van der Waals surface area contributed by atoms with Gasteiger partial charge in [-0.05, 0) is 59.0 Å². The average Bonchev–Trinajstić information content (AvgIpc) is 2.95. The van der Waals surface area contributed by atoms with Crippen LogP contribution in [0.3, 0.4) is 0 Å². The molecule has 0 aromatic carbocycles. The Morgan fingerprint density at radius 3 is 2.60 bits per heavy atom. The molecule has 0 radical (unpaired) electrons. The van der Waals surface area contributed by atoms with E-state index in [9.17, 15) is 4.79 Å². The molecule has 0 bridgehead atoms. The van der Waals surface area contributed by atoms with Crippen molar-refractivity contribution in [3.05, 3.63) is 0 Å². The summed E-state index contributed by atoms with van der Waals surface area (Å²) in [5, 5.41) is 3.52. The standard InChI is InChI=1S/C16H31N3O/c1-5-18(6-2)15(20)8-7-9-19-12-13-10-17-11-14(13)16(19,3)4/h13-14,17H,5-12H2,1-4H3. The molecule has 4 nitrogen and oxygen atoms in total. The van der Waals surface area contributed by atoms with E-state index in [1.54, 1.807) is 0 Å². The van der Waals surface area contributed by atoms with E-state index in [0.717, 1.165) is 44.4 Å². The number of nitrogens with zero attached hydrogens (tertiary/aromatic N) is 2. The Hall–Kier alpha value is -0.610. The zero-order valence-corrected chi connectivity index (χ0v) is 13.6. The van der Waals surface area contributed by atoms with Crippen molar-refractivity contribution >= 4 is 5.91 Å². The molecule has 2 atom stereocenters. The van der Waals surface area contributed by atoms with Gasteiger partial charge in [0, 0.05) is 38.1 Å². The van der Waals surface area contributed by atoms with Crippen molar-refractivity contribution in [1.82, 2.24) is 15.1 Å². The van der Waals surface area contributed by atoms with Crippen LogP contribution in [-0.4, -0.2) is 60.5 Å². The van der Waals surface area contributed by atoms with E-state index in [1.165, 1.54) is 13.1 Å². The van der Waals surface area contributed by atoms with Gasteiger partial charge in [0.05, 0.1) is 0 Å². The molecular weight excluding hydrogens is 250 g/mol. The first kappa shape index (κ1) is 15.8. The van der Waals surface area contributed by atoms with Crippen molar-refractivity contribution in [2.75, 3.05) is 39.3 Å². The predicted octanol–water partition coefficient (Wildman–Crippen LogP) is 1.56. The van der Waals surface area contributed by atoms with Crippen LogP contribution in [0.2, 0.25) is 0 Å². The Morgan fingerprint density at radius 1 is 1.30 bits per heavy atom. The van der Waals surface area contributed by atoms with Gasteiger partial charge < -0.3 is 10.2 Å². The van der Waals surface area contributed by atoms with Crippen LogP contribution in [0.1, 0.15) is 40.5 Å². The summed E-state index contributed by atoms with van der Waals surface area (Å²) in [7, 11) is 0. The number of fused-ring (bicyclic) bond motifs is 1. The Morgan fingerprint density at radius 2 is 2.00 bits per heavy atom. The number of amides is 1. The van der Waals surface area contributed by atoms with Gasteiger partial charge in [0.15, 0.2) is 0 Å². The molecule has 0 spiro atoms.